The predicted molar refractivity (Wildman–Crippen MR) is 80.7 cm³/mol. The molecule has 0 heterocycles. The predicted octanol–water partition coefficient (Wildman–Crippen LogP) is 3.42. The summed E-state index contributed by atoms with van der Waals surface area (Å²) >= 11 is 0. The Bertz CT molecular complexity index is 595. The number of rotatable bonds is 6. The van der Waals surface area contributed by atoms with Gasteiger partial charge >= 0.3 is 0 Å². The van der Waals surface area contributed by atoms with E-state index in [0.717, 1.165) is 11.1 Å². The summed E-state index contributed by atoms with van der Waals surface area (Å²) in [6.45, 7) is 1.86. The summed E-state index contributed by atoms with van der Waals surface area (Å²) in [5.74, 6) is 1.69. The highest BCUT2D eigenvalue weighted by Crippen LogP contribution is 2.36. The van der Waals surface area contributed by atoms with Crippen LogP contribution in [0.1, 0.15) is 30.6 Å². The quantitative estimate of drug-likeness (QED) is 0.855. The van der Waals surface area contributed by atoms with Crippen molar-refractivity contribution in [3.63, 3.8) is 0 Å². The number of methoxy groups -OCH3 is 1. The lowest BCUT2D eigenvalue weighted by atomic mass is 10.1. The molecule has 0 aromatic heterocycles. The largest absolute Gasteiger partial charge is 0.493 e. The minimum Gasteiger partial charge on any atom is -0.493 e. The highest BCUT2D eigenvalue weighted by atomic mass is 16.5. The summed E-state index contributed by atoms with van der Waals surface area (Å²) in [6, 6.07) is 12.6. The molecule has 0 unspecified atom stereocenters. The zero-order chi connectivity index (χ0) is 15.2. The molecular weight excluding hydrogens is 268 g/mol. The Labute approximate surface area is 124 Å². The van der Waals surface area contributed by atoms with Crippen LogP contribution < -0.4 is 9.47 Å². The van der Waals surface area contributed by atoms with Crippen molar-refractivity contribution >= 4 is 0 Å². The summed E-state index contributed by atoms with van der Waals surface area (Å²) in [5, 5.41) is 19.2. The maximum Gasteiger partial charge on any atom is 0.169 e. The van der Waals surface area contributed by atoms with Crippen LogP contribution in [0.2, 0.25) is 0 Å². The van der Waals surface area contributed by atoms with Crippen LogP contribution in [0.25, 0.3) is 0 Å². The number of para-hydroxylation sites is 1. The van der Waals surface area contributed by atoms with Crippen molar-refractivity contribution < 1.29 is 19.7 Å². The van der Waals surface area contributed by atoms with Crippen LogP contribution in [0.3, 0.4) is 0 Å². The SMILES string of the molecule is CC[C@H](O)c1ccccc1Oc1ccc(CO)cc1OC. The van der Waals surface area contributed by atoms with Gasteiger partial charge in [-0.05, 0) is 30.2 Å². The molecule has 0 amide bonds. The van der Waals surface area contributed by atoms with Crippen molar-refractivity contribution in [2.24, 2.45) is 0 Å². The number of benzene rings is 2. The van der Waals surface area contributed by atoms with Gasteiger partial charge in [0.15, 0.2) is 11.5 Å². The maximum absolute atomic E-state index is 10.1. The van der Waals surface area contributed by atoms with Crippen molar-refractivity contribution in [1.29, 1.82) is 0 Å². The number of ether oxygens (including phenoxy) is 2. The molecule has 2 aromatic rings. The van der Waals surface area contributed by atoms with Gasteiger partial charge in [0.05, 0.1) is 19.8 Å². The summed E-state index contributed by atoms with van der Waals surface area (Å²) < 4.78 is 11.2. The van der Waals surface area contributed by atoms with Crippen LogP contribution in [0.4, 0.5) is 0 Å². The van der Waals surface area contributed by atoms with Crippen LogP contribution in [-0.2, 0) is 6.61 Å². The summed E-state index contributed by atoms with van der Waals surface area (Å²) in [5.41, 5.74) is 1.49. The Kier molecular flexibility index (Phi) is 5.20. The van der Waals surface area contributed by atoms with Crippen molar-refractivity contribution in [3.05, 3.63) is 53.6 Å². The fourth-order valence-electron chi connectivity index (χ4n) is 2.08. The Morgan fingerprint density at radius 1 is 1.05 bits per heavy atom. The second kappa shape index (κ2) is 7.11. The van der Waals surface area contributed by atoms with Gasteiger partial charge in [0.1, 0.15) is 5.75 Å². The van der Waals surface area contributed by atoms with E-state index >= 15 is 0 Å². The molecule has 0 aliphatic heterocycles. The van der Waals surface area contributed by atoms with Crippen molar-refractivity contribution in [3.8, 4) is 17.2 Å². The minimum atomic E-state index is -0.566. The molecule has 4 nitrogen and oxygen atoms in total. The second-order valence-electron chi connectivity index (χ2n) is 4.71. The van der Waals surface area contributed by atoms with Gasteiger partial charge < -0.3 is 19.7 Å². The molecule has 2 rings (SSSR count). The van der Waals surface area contributed by atoms with Gasteiger partial charge in [-0.15, -0.1) is 0 Å². The van der Waals surface area contributed by atoms with E-state index < -0.39 is 6.10 Å². The molecule has 2 N–H and O–H groups in total. The molecule has 0 radical (unpaired) electrons. The third-order valence-electron chi connectivity index (χ3n) is 3.30. The standard InChI is InChI=1S/C17H20O4/c1-3-14(19)13-6-4-5-7-15(13)21-16-9-8-12(11-18)10-17(16)20-2/h4-10,14,18-19H,3,11H2,1-2H3/t14-/m0/s1. The zero-order valence-corrected chi connectivity index (χ0v) is 12.2. The first-order valence-electron chi connectivity index (χ1n) is 6.92. The molecule has 1 atom stereocenters. The van der Waals surface area contributed by atoms with E-state index in [9.17, 15) is 5.11 Å². The molecule has 0 spiro atoms. The lowest BCUT2D eigenvalue weighted by Crippen LogP contribution is -1.99. The van der Waals surface area contributed by atoms with Crippen LogP contribution in [0.15, 0.2) is 42.5 Å². The number of aliphatic hydroxyl groups excluding tert-OH is 2. The molecule has 0 aliphatic rings. The van der Waals surface area contributed by atoms with Gasteiger partial charge in [0.25, 0.3) is 0 Å². The van der Waals surface area contributed by atoms with Crippen LogP contribution in [-0.4, -0.2) is 17.3 Å². The number of hydrogen-bond acceptors (Lipinski definition) is 4. The second-order valence-corrected chi connectivity index (χ2v) is 4.71. The lowest BCUT2D eigenvalue weighted by molar-refractivity contribution is 0.170. The van der Waals surface area contributed by atoms with Gasteiger partial charge in [-0.3, -0.25) is 0 Å². The minimum absolute atomic E-state index is 0.0538. The highest BCUT2D eigenvalue weighted by molar-refractivity contribution is 5.47. The van der Waals surface area contributed by atoms with Crippen LogP contribution in [0.5, 0.6) is 17.2 Å². The zero-order valence-electron chi connectivity index (χ0n) is 12.2. The smallest absolute Gasteiger partial charge is 0.169 e. The first kappa shape index (κ1) is 15.4. The van der Waals surface area contributed by atoms with Crippen LogP contribution in [0, 0.1) is 0 Å². The average molecular weight is 288 g/mol. The molecule has 112 valence electrons. The Balaban J connectivity index is 2.34. The van der Waals surface area contributed by atoms with Crippen molar-refractivity contribution in [1.82, 2.24) is 0 Å². The van der Waals surface area contributed by atoms with E-state index in [1.165, 1.54) is 0 Å². The van der Waals surface area contributed by atoms with E-state index in [-0.39, 0.29) is 6.61 Å². The monoisotopic (exact) mass is 288 g/mol. The Morgan fingerprint density at radius 3 is 2.48 bits per heavy atom. The van der Waals surface area contributed by atoms with Gasteiger partial charge in [0.2, 0.25) is 0 Å². The summed E-state index contributed by atoms with van der Waals surface area (Å²) in [7, 11) is 1.55. The van der Waals surface area contributed by atoms with Gasteiger partial charge in [-0.25, -0.2) is 0 Å². The Hall–Kier alpha value is -2.04. The summed E-state index contributed by atoms with van der Waals surface area (Å²) in [6.07, 6.45) is 0.0462. The molecule has 0 saturated heterocycles. The molecular formula is C17H20O4. The number of aliphatic hydroxyl groups is 2. The first-order chi connectivity index (χ1) is 10.2. The normalized spacial score (nSPS) is 12.0. The number of hydrogen-bond donors (Lipinski definition) is 2. The lowest BCUT2D eigenvalue weighted by Gasteiger charge is -2.16. The fourth-order valence-corrected chi connectivity index (χ4v) is 2.08. The van der Waals surface area contributed by atoms with Crippen LogP contribution >= 0.6 is 0 Å². The van der Waals surface area contributed by atoms with Crippen molar-refractivity contribution in [2.75, 3.05) is 7.11 Å². The van der Waals surface area contributed by atoms with Gasteiger partial charge in [-0.1, -0.05) is 31.2 Å². The van der Waals surface area contributed by atoms with Gasteiger partial charge in [0, 0.05) is 5.56 Å². The van der Waals surface area contributed by atoms with E-state index in [2.05, 4.69) is 0 Å². The Morgan fingerprint density at radius 2 is 1.81 bits per heavy atom. The fraction of sp³-hybridized carbons (Fsp3) is 0.294. The first-order valence-corrected chi connectivity index (χ1v) is 6.92. The molecule has 21 heavy (non-hydrogen) atoms. The average Bonchev–Trinajstić information content (AvgIpc) is 2.55. The van der Waals surface area contributed by atoms with E-state index in [1.807, 2.05) is 31.2 Å². The molecule has 2 aromatic carbocycles. The third kappa shape index (κ3) is 3.54. The molecule has 0 saturated carbocycles. The summed E-state index contributed by atoms with van der Waals surface area (Å²) in [4.78, 5) is 0. The molecule has 4 heteroatoms. The van der Waals surface area contributed by atoms with E-state index in [0.29, 0.717) is 23.7 Å². The molecule has 0 fully saturated rings. The topological polar surface area (TPSA) is 58.9 Å². The van der Waals surface area contributed by atoms with Crippen molar-refractivity contribution in [2.45, 2.75) is 26.1 Å². The van der Waals surface area contributed by atoms with Gasteiger partial charge in [-0.2, -0.15) is 0 Å². The maximum atomic E-state index is 10.1. The third-order valence-corrected chi connectivity index (χ3v) is 3.30. The highest BCUT2D eigenvalue weighted by Gasteiger charge is 2.14. The van der Waals surface area contributed by atoms with E-state index in [4.69, 9.17) is 14.6 Å². The molecule has 0 bridgehead atoms. The molecule has 0 aliphatic carbocycles. The van der Waals surface area contributed by atoms with E-state index in [1.54, 1.807) is 25.3 Å².